The molecular weight excluding hydrogens is 290 g/mol. The summed E-state index contributed by atoms with van der Waals surface area (Å²) in [5.74, 6) is -0.425. The first-order chi connectivity index (χ1) is 8.10. The zero-order chi connectivity index (χ0) is 12.8. The largest absolute Gasteiger partial charge is 0.490 e. The van der Waals surface area contributed by atoms with Gasteiger partial charge in [0.1, 0.15) is 6.07 Å². The van der Waals surface area contributed by atoms with Crippen molar-refractivity contribution in [2.24, 2.45) is 0 Å². The molecule has 0 spiro atoms. The highest BCUT2D eigenvalue weighted by Crippen LogP contribution is 2.36. The number of carbonyl (C=O) groups is 1. The first-order valence-corrected chi connectivity index (χ1v) is 5.58. The predicted octanol–water partition coefficient (Wildman–Crippen LogP) is 2.45. The summed E-state index contributed by atoms with van der Waals surface area (Å²) in [5, 5.41) is 17.4. The van der Waals surface area contributed by atoms with Crippen LogP contribution in [0.3, 0.4) is 0 Å². The van der Waals surface area contributed by atoms with Crippen LogP contribution in [0, 0.1) is 11.3 Å². The molecule has 0 amide bonds. The molecule has 90 valence electrons. The molecule has 0 bridgehead atoms. The van der Waals surface area contributed by atoms with Crippen molar-refractivity contribution in [3.8, 4) is 17.6 Å². The summed E-state index contributed by atoms with van der Waals surface area (Å²) in [6.45, 7) is 2.01. The molecule has 0 atom stereocenters. The monoisotopic (exact) mass is 299 g/mol. The van der Waals surface area contributed by atoms with Gasteiger partial charge in [0.15, 0.2) is 18.1 Å². The first-order valence-electron chi connectivity index (χ1n) is 4.79. The van der Waals surface area contributed by atoms with Crippen LogP contribution in [0.5, 0.6) is 11.5 Å². The lowest BCUT2D eigenvalue weighted by molar-refractivity contribution is 0.0696. The molecular formula is C11H10BrNO4. The third-order valence-corrected chi connectivity index (χ3v) is 2.43. The molecule has 1 rings (SSSR count). The van der Waals surface area contributed by atoms with E-state index in [9.17, 15) is 4.79 Å². The summed E-state index contributed by atoms with van der Waals surface area (Å²) in [6.07, 6.45) is 0. The number of carboxylic acid groups (broad SMARTS) is 1. The summed E-state index contributed by atoms with van der Waals surface area (Å²) >= 11 is 3.19. The third kappa shape index (κ3) is 3.36. The zero-order valence-corrected chi connectivity index (χ0v) is 10.7. The molecule has 0 radical (unpaired) electrons. The lowest BCUT2D eigenvalue weighted by atomic mass is 10.2. The molecule has 0 unspecified atom stereocenters. The molecule has 0 aliphatic rings. The zero-order valence-electron chi connectivity index (χ0n) is 9.07. The molecule has 6 heteroatoms. The van der Waals surface area contributed by atoms with Crippen LogP contribution in [0.1, 0.15) is 17.3 Å². The molecule has 0 aliphatic heterocycles. The van der Waals surface area contributed by atoms with E-state index in [4.69, 9.17) is 19.8 Å². The Morgan fingerprint density at radius 2 is 2.24 bits per heavy atom. The van der Waals surface area contributed by atoms with Crippen molar-refractivity contribution in [3.05, 3.63) is 22.2 Å². The molecule has 0 aromatic heterocycles. The van der Waals surface area contributed by atoms with Gasteiger partial charge in [-0.3, -0.25) is 0 Å². The maximum Gasteiger partial charge on any atom is 0.335 e. The summed E-state index contributed by atoms with van der Waals surface area (Å²) in [7, 11) is 0. The average molecular weight is 300 g/mol. The average Bonchev–Trinajstić information content (AvgIpc) is 2.28. The molecule has 0 heterocycles. The summed E-state index contributed by atoms with van der Waals surface area (Å²) in [5.41, 5.74) is 0.0876. The fourth-order valence-electron chi connectivity index (χ4n) is 1.20. The van der Waals surface area contributed by atoms with E-state index >= 15 is 0 Å². The molecule has 1 aromatic rings. The quantitative estimate of drug-likeness (QED) is 0.903. The maximum atomic E-state index is 10.9. The smallest absolute Gasteiger partial charge is 0.335 e. The standard InChI is InChI=1S/C11H10BrNO4/c1-2-16-9-6-7(11(14)15)5-8(12)10(9)17-4-3-13/h5-6H,2,4H2,1H3,(H,14,15). The number of benzene rings is 1. The Morgan fingerprint density at radius 3 is 2.76 bits per heavy atom. The second-order valence-corrected chi connectivity index (χ2v) is 3.82. The molecule has 0 aliphatic carbocycles. The Kier molecular flexibility index (Phi) is 4.79. The van der Waals surface area contributed by atoms with Gasteiger partial charge in [0.25, 0.3) is 0 Å². The number of hydrogen-bond acceptors (Lipinski definition) is 4. The number of nitrogens with zero attached hydrogens (tertiary/aromatic N) is 1. The van der Waals surface area contributed by atoms with Gasteiger partial charge < -0.3 is 14.6 Å². The van der Waals surface area contributed by atoms with Crippen molar-refractivity contribution in [2.45, 2.75) is 6.92 Å². The second-order valence-electron chi connectivity index (χ2n) is 2.97. The number of halogens is 1. The lowest BCUT2D eigenvalue weighted by Gasteiger charge is -2.12. The van der Waals surface area contributed by atoms with Gasteiger partial charge in [0.05, 0.1) is 16.6 Å². The molecule has 0 saturated heterocycles. The van der Waals surface area contributed by atoms with Crippen LogP contribution in [0.4, 0.5) is 0 Å². The molecule has 0 saturated carbocycles. The van der Waals surface area contributed by atoms with Crippen LogP contribution in [0.2, 0.25) is 0 Å². The first kappa shape index (κ1) is 13.3. The van der Waals surface area contributed by atoms with Crippen LogP contribution >= 0.6 is 15.9 Å². The van der Waals surface area contributed by atoms with Crippen LogP contribution in [-0.4, -0.2) is 24.3 Å². The minimum Gasteiger partial charge on any atom is -0.490 e. The molecule has 1 aromatic carbocycles. The highest BCUT2D eigenvalue weighted by Gasteiger charge is 2.15. The Bertz CT molecular complexity index is 467. The van der Waals surface area contributed by atoms with E-state index in [-0.39, 0.29) is 12.2 Å². The number of nitriles is 1. The van der Waals surface area contributed by atoms with Gasteiger partial charge in [-0.1, -0.05) is 0 Å². The van der Waals surface area contributed by atoms with E-state index in [0.29, 0.717) is 22.6 Å². The van der Waals surface area contributed by atoms with E-state index < -0.39 is 5.97 Å². The minimum atomic E-state index is -1.06. The Labute approximate surface area is 107 Å². The van der Waals surface area contributed by atoms with Gasteiger partial charge in [-0.05, 0) is 35.0 Å². The summed E-state index contributed by atoms with van der Waals surface area (Å²) < 4.78 is 10.9. The Balaban J connectivity index is 3.18. The fraction of sp³-hybridized carbons (Fsp3) is 0.273. The van der Waals surface area contributed by atoms with Crippen molar-refractivity contribution in [3.63, 3.8) is 0 Å². The number of ether oxygens (including phenoxy) is 2. The van der Waals surface area contributed by atoms with Crippen molar-refractivity contribution in [2.75, 3.05) is 13.2 Å². The van der Waals surface area contributed by atoms with Gasteiger partial charge >= 0.3 is 5.97 Å². The van der Waals surface area contributed by atoms with E-state index in [2.05, 4.69) is 15.9 Å². The SMILES string of the molecule is CCOc1cc(C(=O)O)cc(Br)c1OCC#N. The molecule has 1 N–H and O–H groups in total. The van der Waals surface area contributed by atoms with Gasteiger partial charge in [0.2, 0.25) is 0 Å². The van der Waals surface area contributed by atoms with Crippen molar-refractivity contribution in [1.82, 2.24) is 0 Å². The highest BCUT2D eigenvalue weighted by atomic mass is 79.9. The summed E-state index contributed by atoms with van der Waals surface area (Å²) in [6, 6.07) is 4.60. The van der Waals surface area contributed by atoms with Crippen LogP contribution in [0.25, 0.3) is 0 Å². The highest BCUT2D eigenvalue weighted by molar-refractivity contribution is 9.10. The van der Waals surface area contributed by atoms with Crippen molar-refractivity contribution in [1.29, 1.82) is 5.26 Å². The third-order valence-electron chi connectivity index (χ3n) is 1.84. The Hall–Kier alpha value is -1.74. The van der Waals surface area contributed by atoms with E-state index in [0.717, 1.165) is 0 Å². The van der Waals surface area contributed by atoms with Crippen LogP contribution < -0.4 is 9.47 Å². The lowest BCUT2D eigenvalue weighted by Crippen LogP contribution is -2.03. The van der Waals surface area contributed by atoms with Gasteiger partial charge in [-0.15, -0.1) is 0 Å². The molecule has 17 heavy (non-hydrogen) atoms. The van der Waals surface area contributed by atoms with Gasteiger partial charge in [0, 0.05) is 0 Å². The van der Waals surface area contributed by atoms with E-state index in [1.807, 2.05) is 6.07 Å². The predicted molar refractivity (Wildman–Crippen MR) is 63.4 cm³/mol. The number of carboxylic acids is 1. The van der Waals surface area contributed by atoms with E-state index in [1.165, 1.54) is 12.1 Å². The number of aromatic carboxylic acids is 1. The fourth-order valence-corrected chi connectivity index (χ4v) is 1.76. The molecule has 0 fully saturated rings. The number of hydrogen-bond donors (Lipinski definition) is 1. The Morgan fingerprint density at radius 1 is 1.53 bits per heavy atom. The minimum absolute atomic E-state index is 0.0876. The second kappa shape index (κ2) is 6.11. The van der Waals surface area contributed by atoms with Gasteiger partial charge in [-0.25, -0.2) is 4.79 Å². The number of rotatable bonds is 5. The van der Waals surface area contributed by atoms with Crippen molar-refractivity contribution >= 4 is 21.9 Å². The van der Waals surface area contributed by atoms with E-state index in [1.54, 1.807) is 6.92 Å². The maximum absolute atomic E-state index is 10.9. The van der Waals surface area contributed by atoms with Crippen LogP contribution in [-0.2, 0) is 0 Å². The summed E-state index contributed by atoms with van der Waals surface area (Å²) in [4.78, 5) is 10.9. The normalized spacial score (nSPS) is 9.47. The van der Waals surface area contributed by atoms with Gasteiger partial charge in [-0.2, -0.15) is 5.26 Å². The van der Waals surface area contributed by atoms with Crippen LogP contribution in [0.15, 0.2) is 16.6 Å². The molecule has 5 nitrogen and oxygen atoms in total. The topological polar surface area (TPSA) is 79.6 Å². The van der Waals surface area contributed by atoms with Crippen molar-refractivity contribution < 1.29 is 19.4 Å².